The normalized spacial score (nSPS) is 11.7. The van der Waals surface area contributed by atoms with Gasteiger partial charge in [-0.05, 0) is 29.3 Å². The summed E-state index contributed by atoms with van der Waals surface area (Å²) in [7, 11) is 1.60. The number of nitro benzene ring substituents is 1. The average molecular weight is 479 g/mol. The molecule has 8 nitrogen and oxygen atoms in total. The molecular weight excluding hydrogens is 459 g/mol. The van der Waals surface area contributed by atoms with Crippen LogP contribution in [0.4, 0.5) is 10.1 Å². The lowest BCUT2D eigenvalue weighted by Crippen LogP contribution is -2.41. The van der Waals surface area contributed by atoms with Crippen LogP contribution in [0, 0.1) is 15.9 Å². The minimum absolute atomic E-state index is 0.0883. The summed E-state index contributed by atoms with van der Waals surface area (Å²) >= 11 is 1.01. The van der Waals surface area contributed by atoms with Crippen LogP contribution in [-0.4, -0.2) is 33.7 Å². The predicted molar refractivity (Wildman–Crippen MR) is 126 cm³/mol. The van der Waals surface area contributed by atoms with Crippen LogP contribution >= 0.6 is 11.3 Å². The number of carbonyl (C=O) groups is 2. The van der Waals surface area contributed by atoms with E-state index in [2.05, 4.69) is 10.3 Å². The smallest absolute Gasteiger partial charge is 0.281 e. The van der Waals surface area contributed by atoms with E-state index >= 15 is 0 Å². The second-order valence-corrected chi connectivity index (χ2v) is 8.60. The molecule has 0 fully saturated rings. The van der Waals surface area contributed by atoms with Crippen molar-refractivity contribution in [2.75, 3.05) is 7.05 Å². The fraction of sp³-hybridized carbons (Fsp3) is 0.125. The van der Waals surface area contributed by atoms with E-state index < -0.39 is 16.9 Å². The highest BCUT2D eigenvalue weighted by atomic mass is 32.1. The number of halogens is 1. The number of nitro groups is 1. The minimum atomic E-state index is -0.986. The van der Waals surface area contributed by atoms with E-state index in [9.17, 15) is 24.1 Å². The van der Waals surface area contributed by atoms with Crippen molar-refractivity contribution < 1.29 is 18.9 Å². The Labute approximate surface area is 197 Å². The molecule has 0 aliphatic heterocycles. The van der Waals surface area contributed by atoms with Crippen LogP contribution in [0.5, 0.6) is 0 Å². The number of carbonyl (C=O) groups excluding carboxylic acids is 2. The molecule has 1 heterocycles. The van der Waals surface area contributed by atoms with Crippen LogP contribution in [0.25, 0.3) is 10.2 Å². The number of nitrogens with one attached hydrogen (secondary N) is 1. The Balaban J connectivity index is 1.58. The predicted octanol–water partition coefficient (Wildman–Crippen LogP) is 4.47. The first-order valence-electron chi connectivity index (χ1n) is 10.2. The maximum absolute atomic E-state index is 13.3. The minimum Gasteiger partial charge on any atom is -0.339 e. The fourth-order valence-corrected chi connectivity index (χ4v) is 4.31. The third-order valence-corrected chi connectivity index (χ3v) is 6.16. The Kier molecular flexibility index (Phi) is 6.60. The first-order chi connectivity index (χ1) is 16.3. The summed E-state index contributed by atoms with van der Waals surface area (Å²) in [6.45, 7) is 0.225. The van der Waals surface area contributed by atoms with Crippen LogP contribution in [-0.2, 0) is 11.3 Å². The second-order valence-electron chi connectivity index (χ2n) is 7.57. The van der Waals surface area contributed by atoms with Gasteiger partial charge in [-0.1, -0.05) is 42.5 Å². The number of fused-ring (bicyclic) bond motifs is 1. The van der Waals surface area contributed by atoms with Crippen LogP contribution in [0.3, 0.4) is 0 Å². The van der Waals surface area contributed by atoms with E-state index in [-0.39, 0.29) is 29.0 Å². The quantitative estimate of drug-likeness (QED) is 0.312. The Hall–Kier alpha value is -4.18. The molecule has 4 aromatic rings. The highest BCUT2D eigenvalue weighted by molar-refractivity contribution is 7.20. The number of rotatable bonds is 7. The highest BCUT2D eigenvalue weighted by Crippen LogP contribution is 2.27. The molecule has 4 rings (SSSR count). The lowest BCUT2D eigenvalue weighted by atomic mass is 10.1. The third kappa shape index (κ3) is 5.07. The van der Waals surface area contributed by atoms with Gasteiger partial charge in [0, 0.05) is 25.7 Å². The fourth-order valence-electron chi connectivity index (χ4n) is 3.41. The van der Waals surface area contributed by atoms with Gasteiger partial charge in [0.1, 0.15) is 11.9 Å². The van der Waals surface area contributed by atoms with Crippen molar-refractivity contribution in [1.82, 2.24) is 15.2 Å². The zero-order valence-corrected chi connectivity index (χ0v) is 18.8. The molecule has 1 N–H and O–H groups in total. The molecule has 3 aromatic carbocycles. The van der Waals surface area contributed by atoms with Crippen molar-refractivity contribution in [2.45, 2.75) is 12.6 Å². The number of thiazole rings is 1. The zero-order valence-electron chi connectivity index (χ0n) is 18.0. The monoisotopic (exact) mass is 478 g/mol. The Morgan fingerprint density at radius 2 is 1.82 bits per heavy atom. The number of aromatic nitrogens is 1. The van der Waals surface area contributed by atoms with E-state index in [4.69, 9.17) is 0 Å². The molecule has 172 valence electrons. The van der Waals surface area contributed by atoms with Crippen molar-refractivity contribution in [3.05, 3.63) is 105 Å². The highest BCUT2D eigenvalue weighted by Gasteiger charge is 2.27. The maximum atomic E-state index is 13.3. The summed E-state index contributed by atoms with van der Waals surface area (Å²) in [5.74, 6) is -1.30. The summed E-state index contributed by atoms with van der Waals surface area (Å²) in [6.07, 6.45) is 0. The van der Waals surface area contributed by atoms with E-state index in [0.29, 0.717) is 15.8 Å². The molecule has 0 aliphatic carbocycles. The van der Waals surface area contributed by atoms with Crippen LogP contribution < -0.4 is 5.32 Å². The third-order valence-electron chi connectivity index (χ3n) is 5.14. The number of hydrogen-bond donors (Lipinski definition) is 1. The molecule has 1 unspecified atom stereocenters. The number of nitrogens with zero attached hydrogens (tertiary/aromatic N) is 3. The molecule has 0 saturated heterocycles. The van der Waals surface area contributed by atoms with Gasteiger partial charge in [-0.3, -0.25) is 19.7 Å². The van der Waals surface area contributed by atoms with Crippen molar-refractivity contribution in [1.29, 1.82) is 0 Å². The molecule has 1 aromatic heterocycles. The topological polar surface area (TPSA) is 105 Å². The first-order valence-corrected chi connectivity index (χ1v) is 11.0. The molecule has 0 saturated carbocycles. The molecule has 0 bridgehead atoms. The van der Waals surface area contributed by atoms with E-state index in [0.717, 1.165) is 16.9 Å². The Morgan fingerprint density at radius 3 is 2.50 bits per heavy atom. The number of likely N-dealkylation sites (N-methyl/N-ethyl adjacent to an activating group) is 1. The summed E-state index contributed by atoms with van der Waals surface area (Å²) in [5.41, 5.74) is 1.69. The van der Waals surface area contributed by atoms with Crippen LogP contribution in [0.1, 0.15) is 27.0 Å². The molecular formula is C24H19FN4O4S. The van der Waals surface area contributed by atoms with Crippen LogP contribution in [0.15, 0.2) is 72.8 Å². The molecule has 0 radical (unpaired) electrons. The van der Waals surface area contributed by atoms with Gasteiger partial charge in [-0.15, -0.1) is 11.3 Å². The SMILES string of the molecule is CN(Cc1ccc(F)cc1)C(=O)C(NC(=O)c1nc2ccc([N+](=O)[O-])cc2s1)c1ccccc1. The van der Waals surface area contributed by atoms with Crippen molar-refractivity contribution in [2.24, 2.45) is 0 Å². The van der Waals surface area contributed by atoms with Gasteiger partial charge in [-0.2, -0.15) is 0 Å². The second kappa shape index (κ2) is 9.75. The molecule has 1 atom stereocenters. The zero-order chi connectivity index (χ0) is 24.2. The molecule has 0 spiro atoms. The molecule has 0 aliphatic rings. The van der Waals surface area contributed by atoms with Gasteiger partial charge in [0.25, 0.3) is 11.6 Å². The standard InChI is InChI=1S/C24H19FN4O4S/c1-28(14-15-7-9-17(25)10-8-15)24(31)21(16-5-3-2-4-6-16)27-22(30)23-26-19-12-11-18(29(32)33)13-20(19)34-23/h2-13,21H,14H2,1H3,(H,27,30). The molecule has 2 amide bonds. The van der Waals surface area contributed by atoms with Gasteiger partial charge in [-0.25, -0.2) is 9.37 Å². The Morgan fingerprint density at radius 1 is 1.12 bits per heavy atom. The van der Waals surface area contributed by atoms with Crippen LogP contribution in [0.2, 0.25) is 0 Å². The average Bonchev–Trinajstić information content (AvgIpc) is 3.27. The number of non-ortho nitro benzene ring substituents is 1. The Bertz CT molecular complexity index is 1360. The summed E-state index contributed by atoms with van der Waals surface area (Å²) in [5, 5.41) is 13.9. The molecule has 34 heavy (non-hydrogen) atoms. The van der Waals surface area contributed by atoms with E-state index in [1.807, 2.05) is 0 Å². The molecule has 10 heteroatoms. The lowest BCUT2D eigenvalue weighted by molar-refractivity contribution is -0.384. The summed E-state index contributed by atoms with van der Waals surface area (Å²) < 4.78 is 13.7. The van der Waals surface area contributed by atoms with Gasteiger partial charge in [0.05, 0.1) is 15.1 Å². The van der Waals surface area contributed by atoms with E-state index in [1.165, 1.54) is 35.2 Å². The largest absolute Gasteiger partial charge is 0.339 e. The van der Waals surface area contributed by atoms with Crippen molar-refractivity contribution >= 4 is 39.1 Å². The lowest BCUT2D eigenvalue weighted by Gasteiger charge is -2.25. The first kappa shape index (κ1) is 23.0. The number of amides is 2. The van der Waals surface area contributed by atoms with Gasteiger partial charge < -0.3 is 10.2 Å². The summed E-state index contributed by atoms with van der Waals surface area (Å²) in [4.78, 5) is 42.6. The maximum Gasteiger partial charge on any atom is 0.281 e. The van der Waals surface area contributed by atoms with E-state index in [1.54, 1.807) is 49.5 Å². The van der Waals surface area contributed by atoms with Gasteiger partial charge in [0.15, 0.2) is 5.01 Å². The summed E-state index contributed by atoms with van der Waals surface area (Å²) in [6, 6.07) is 17.8. The van der Waals surface area contributed by atoms with Crippen molar-refractivity contribution in [3.8, 4) is 0 Å². The van der Waals surface area contributed by atoms with Gasteiger partial charge in [0.2, 0.25) is 5.91 Å². The number of benzene rings is 3. The number of hydrogen-bond acceptors (Lipinski definition) is 6. The van der Waals surface area contributed by atoms with Gasteiger partial charge >= 0.3 is 0 Å². The van der Waals surface area contributed by atoms with Crippen molar-refractivity contribution in [3.63, 3.8) is 0 Å².